The molecule has 2 unspecified atom stereocenters. The number of aliphatic hydroxyl groups is 1. The third kappa shape index (κ3) is 2.35. The maximum Gasteiger partial charge on any atom is 0.322 e. The number of hydrogen-bond acceptors (Lipinski definition) is 3. The lowest BCUT2D eigenvalue weighted by Crippen LogP contribution is -2.49. The third-order valence-electron chi connectivity index (χ3n) is 4.19. The highest BCUT2D eigenvalue weighted by Gasteiger charge is 2.42. The second kappa shape index (κ2) is 5.14. The summed E-state index contributed by atoms with van der Waals surface area (Å²) in [6, 6.07) is 9.12. The van der Waals surface area contributed by atoms with Gasteiger partial charge in [0.05, 0.1) is 17.7 Å². The summed E-state index contributed by atoms with van der Waals surface area (Å²) in [7, 11) is 0. The number of carbonyl (C=O) groups excluding carboxylic acids is 1. The van der Waals surface area contributed by atoms with Gasteiger partial charge < -0.3 is 15.3 Å². The lowest BCUT2D eigenvalue weighted by molar-refractivity contribution is 0.0580. The second-order valence-corrected chi connectivity index (χ2v) is 5.54. The molecule has 104 valence electrons. The predicted octanol–water partition coefficient (Wildman–Crippen LogP) is 2.08. The monoisotopic (exact) mass is 271 g/mol. The van der Waals surface area contributed by atoms with Crippen molar-refractivity contribution in [3.63, 3.8) is 0 Å². The Balaban J connectivity index is 1.72. The summed E-state index contributed by atoms with van der Waals surface area (Å²) in [5, 5.41) is 21.5. The minimum atomic E-state index is -0.279. The number of anilines is 1. The zero-order chi connectivity index (χ0) is 14.1. The summed E-state index contributed by atoms with van der Waals surface area (Å²) in [6.07, 6.45) is 2.99. The van der Waals surface area contributed by atoms with Crippen molar-refractivity contribution >= 4 is 11.7 Å². The van der Waals surface area contributed by atoms with E-state index in [-0.39, 0.29) is 24.2 Å². The van der Waals surface area contributed by atoms with Crippen LogP contribution in [0.1, 0.15) is 31.2 Å². The minimum Gasteiger partial charge on any atom is -0.393 e. The van der Waals surface area contributed by atoms with E-state index in [1.54, 1.807) is 24.3 Å². The number of aliphatic hydroxyl groups excluding tert-OH is 1. The Bertz CT molecular complexity index is 552. The predicted molar refractivity (Wildman–Crippen MR) is 74.1 cm³/mol. The maximum absolute atomic E-state index is 12.4. The molecule has 0 aromatic heterocycles. The van der Waals surface area contributed by atoms with Crippen LogP contribution in [0.2, 0.25) is 0 Å². The van der Waals surface area contributed by atoms with Crippen LogP contribution in [0.5, 0.6) is 0 Å². The first-order valence-corrected chi connectivity index (χ1v) is 6.95. The summed E-state index contributed by atoms with van der Waals surface area (Å²) >= 11 is 0. The maximum atomic E-state index is 12.4. The number of benzene rings is 1. The van der Waals surface area contributed by atoms with E-state index in [9.17, 15) is 9.90 Å². The van der Waals surface area contributed by atoms with Crippen LogP contribution < -0.4 is 5.32 Å². The van der Waals surface area contributed by atoms with Crippen LogP contribution >= 0.6 is 0 Å². The van der Waals surface area contributed by atoms with E-state index in [2.05, 4.69) is 11.4 Å². The van der Waals surface area contributed by atoms with E-state index in [4.69, 9.17) is 5.26 Å². The smallest absolute Gasteiger partial charge is 0.322 e. The number of nitrogens with zero attached hydrogens (tertiary/aromatic N) is 2. The molecule has 2 atom stereocenters. The Morgan fingerprint density at radius 2 is 2.05 bits per heavy atom. The van der Waals surface area contributed by atoms with Crippen molar-refractivity contribution in [3.8, 4) is 6.07 Å². The molecule has 2 amide bonds. The topological polar surface area (TPSA) is 76.4 Å². The number of nitrogens with one attached hydrogen (secondary N) is 1. The van der Waals surface area contributed by atoms with Crippen molar-refractivity contribution in [1.29, 1.82) is 5.26 Å². The van der Waals surface area contributed by atoms with E-state index in [1.807, 2.05) is 4.90 Å². The zero-order valence-corrected chi connectivity index (χ0v) is 11.1. The van der Waals surface area contributed by atoms with Crippen LogP contribution in [0.4, 0.5) is 10.5 Å². The van der Waals surface area contributed by atoms with Crippen molar-refractivity contribution in [3.05, 3.63) is 29.8 Å². The standard InChI is InChI=1S/C15H17N3O2/c16-9-10-2-1-3-11(6-10)17-15(20)18-12-4-5-13(18)8-14(19)7-12/h1-3,6,12-14,19H,4-5,7-8H2,(H,17,20). The number of rotatable bonds is 1. The Hall–Kier alpha value is -2.06. The molecule has 2 bridgehead atoms. The molecule has 1 aromatic carbocycles. The Morgan fingerprint density at radius 1 is 1.35 bits per heavy atom. The minimum absolute atomic E-state index is 0.125. The van der Waals surface area contributed by atoms with Gasteiger partial charge in [-0.1, -0.05) is 6.07 Å². The summed E-state index contributed by atoms with van der Waals surface area (Å²) in [4.78, 5) is 14.3. The van der Waals surface area contributed by atoms with Gasteiger partial charge in [0, 0.05) is 17.8 Å². The van der Waals surface area contributed by atoms with Gasteiger partial charge in [-0.05, 0) is 43.9 Å². The fourth-order valence-corrected chi connectivity index (χ4v) is 3.33. The highest BCUT2D eigenvalue weighted by atomic mass is 16.3. The van der Waals surface area contributed by atoms with E-state index < -0.39 is 0 Å². The van der Waals surface area contributed by atoms with Crippen molar-refractivity contribution in [2.75, 3.05) is 5.32 Å². The average Bonchev–Trinajstić information content (AvgIpc) is 2.71. The SMILES string of the molecule is N#Cc1cccc(NC(=O)N2C3CCC2CC(O)C3)c1. The molecular formula is C15H17N3O2. The van der Waals surface area contributed by atoms with Crippen LogP contribution in [0.3, 0.4) is 0 Å². The van der Waals surface area contributed by atoms with Crippen LogP contribution in [0.25, 0.3) is 0 Å². The first-order chi connectivity index (χ1) is 9.67. The van der Waals surface area contributed by atoms with Crippen LogP contribution in [0.15, 0.2) is 24.3 Å². The molecule has 5 heteroatoms. The Labute approximate surface area is 117 Å². The van der Waals surface area contributed by atoms with Crippen molar-refractivity contribution in [2.24, 2.45) is 0 Å². The van der Waals surface area contributed by atoms with Gasteiger partial charge in [-0.2, -0.15) is 5.26 Å². The van der Waals surface area contributed by atoms with E-state index in [0.29, 0.717) is 24.1 Å². The van der Waals surface area contributed by atoms with Crippen molar-refractivity contribution < 1.29 is 9.90 Å². The molecule has 2 fully saturated rings. The molecule has 2 aliphatic heterocycles. The molecule has 0 spiro atoms. The summed E-state index contributed by atoms with van der Waals surface area (Å²) in [6.45, 7) is 0. The fraction of sp³-hybridized carbons (Fsp3) is 0.467. The molecule has 2 aliphatic rings. The van der Waals surface area contributed by atoms with Gasteiger partial charge in [0.2, 0.25) is 0 Å². The van der Waals surface area contributed by atoms with Gasteiger partial charge in [0.25, 0.3) is 0 Å². The van der Waals surface area contributed by atoms with Crippen molar-refractivity contribution in [2.45, 2.75) is 43.9 Å². The molecule has 2 saturated heterocycles. The van der Waals surface area contributed by atoms with E-state index >= 15 is 0 Å². The van der Waals surface area contributed by atoms with Crippen molar-refractivity contribution in [1.82, 2.24) is 4.90 Å². The molecule has 0 radical (unpaired) electrons. The number of piperidine rings is 1. The van der Waals surface area contributed by atoms with Crippen LogP contribution in [-0.2, 0) is 0 Å². The molecular weight excluding hydrogens is 254 g/mol. The number of urea groups is 1. The highest BCUT2D eigenvalue weighted by Crippen LogP contribution is 2.36. The molecule has 2 N–H and O–H groups in total. The number of carbonyl (C=O) groups is 1. The average molecular weight is 271 g/mol. The van der Waals surface area contributed by atoms with Crippen LogP contribution in [0, 0.1) is 11.3 Å². The van der Waals surface area contributed by atoms with Gasteiger partial charge in [0.1, 0.15) is 0 Å². The quantitative estimate of drug-likeness (QED) is 0.821. The number of amides is 2. The van der Waals surface area contributed by atoms with E-state index in [0.717, 1.165) is 12.8 Å². The summed E-state index contributed by atoms with van der Waals surface area (Å²) in [5.41, 5.74) is 1.17. The Morgan fingerprint density at radius 3 is 2.70 bits per heavy atom. The molecule has 0 saturated carbocycles. The van der Waals surface area contributed by atoms with E-state index in [1.165, 1.54) is 0 Å². The Kier molecular flexibility index (Phi) is 3.33. The number of fused-ring (bicyclic) bond motifs is 2. The fourth-order valence-electron chi connectivity index (χ4n) is 3.33. The zero-order valence-electron chi connectivity index (χ0n) is 11.1. The molecule has 5 nitrogen and oxygen atoms in total. The molecule has 2 heterocycles. The normalized spacial score (nSPS) is 28.0. The largest absolute Gasteiger partial charge is 0.393 e. The van der Waals surface area contributed by atoms with Crippen LogP contribution in [-0.4, -0.2) is 34.2 Å². The molecule has 3 rings (SSSR count). The number of hydrogen-bond donors (Lipinski definition) is 2. The molecule has 20 heavy (non-hydrogen) atoms. The van der Waals surface area contributed by atoms with Gasteiger partial charge >= 0.3 is 6.03 Å². The highest BCUT2D eigenvalue weighted by molar-refractivity contribution is 5.90. The second-order valence-electron chi connectivity index (χ2n) is 5.54. The first kappa shape index (κ1) is 12.9. The van der Waals surface area contributed by atoms with Gasteiger partial charge in [0.15, 0.2) is 0 Å². The lowest BCUT2D eigenvalue weighted by atomic mass is 10.0. The van der Waals surface area contributed by atoms with Gasteiger partial charge in [-0.15, -0.1) is 0 Å². The van der Waals surface area contributed by atoms with Gasteiger partial charge in [-0.25, -0.2) is 4.79 Å². The van der Waals surface area contributed by atoms with Gasteiger partial charge in [-0.3, -0.25) is 0 Å². The number of nitriles is 1. The molecule has 0 aliphatic carbocycles. The summed E-state index contributed by atoms with van der Waals surface area (Å²) in [5.74, 6) is 0. The summed E-state index contributed by atoms with van der Waals surface area (Å²) < 4.78 is 0. The lowest BCUT2D eigenvalue weighted by Gasteiger charge is -2.37. The molecule has 1 aromatic rings. The third-order valence-corrected chi connectivity index (χ3v) is 4.19. The first-order valence-electron chi connectivity index (χ1n) is 6.95.